The Morgan fingerprint density at radius 1 is 1.04 bits per heavy atom. The second kappa shape index (κ2) is 6.95. The number of nitro benzene ring substituents is 1. The molecule has 0 bridgehead atoms. The van der Waals surface area contributed by atoms with Gasteiger partial charge in [0, 0.05) is 18.2 Å². The lowest BCUT2D eigenvalue weighted by Gasteiger charge is -2.16. The molecule has 1 aliphatic heterocycles. The van der Waals surface area contributed by atoms with E-state index in [0.29, 0.717) is 12.2 Å². The molecule has 3 rings (SSSR count). The fraction of sp³-hybridized carbons (Fsp3) is 0.167. The molecular formula is C18H16N2O4. The summed E-state index contributed by atoms with van der Waals surface area (Å²) in [4.78, 5) is 21.9. The van der Waals surface area contributed by atoms with E-state index in [9.17, 15) is 14.9 Å². The van der Waals surface area contributed by atoms with Gasteiger partial charge in [-0.2, -0.15) is 0 Å². The van der Waals surface area contributed by atoms with E-state index in [-0.39, 0.29) is 24.2 Å². The number of nitrogens with zero attached hydrogens (tertiary/aromatic N) is 1. The van der Waals surface area contributed by atoms with Crippen LogP contribution in [-0.4, -0.2) is 16.9 Å². The van der Waals surface area contributed by atoms with Crippen LogP contribution in [0.2, 0.25) is 0 Å². The summed E-state index contributed by atoms with van der Waals surface area (Å²) >= 11 is 0. The Morgan fingerprint density at radius 2 is 1.75 bits per heavy atom. The Kier molecular flexibility index (Phi) is 4.56. The lowest BCUT2D eigenvalue weighted by Crippen LogP contribution is -2.31. The maximum Gasteiger partial charge on any atom is 0.269 e. The minimum Gasteiger partial charge on any atom is -0.491 e. The lowest BCUT2D eigenvalue weighted by atomic mass is 10.1. The molecule has 0 aromatic heterocycles. The summed E-state index contributed by atoms with van der Waals surface area (Å²) in [6.45, 7) is 0.254. The minimum absolute atomic E-state index is 0.0395. The Labute approximate surface area is 138 Å². The normalized spacial score (nSPS) is 16.4. The highest BCUT2D eigenvalue weighted by Gasteiger charge is 2.25. The third-order valence-electron chi connectivity index (χ3n) is 3.77. The molecule has 122 valence electrons. The summed E-state index contributed by atoms with van der Waals surface area (Å²) in [6.07, 6.45) is 2.11. The van der Waals surface area contributed by atoms with Gasteiger partial charge in [0.05, 0.1) is 11.0 Å². The fourth-order valence-corrected chi connectivity index (χ4v) is 2.54. The third kappa shape index (κ3) is 3.78. The minimum atomic E-state index is -0.442. The first-order valence-electron chi connectivity index (χ1n) is 7.54. The summed E-state index contributed by atoms with van der Waals surface area (Å²) in [5.41, 5.74) is 1.95. The van der Waals surface area contributed by atoms with E-state index in [4.69, 9.17) is 4.74 Å². The number of rotatable bonds is 6. The maximum absolute atomic E-state index is 11.6. The quantitative estimate of drug-likeness (QED) is 0.654. The topological polar surface area (TPSA) is 81.5 Å². The van der Waals surface area contributed by atoms with Crippen LogP contribution >= 0.6 is 0 Å². The van der Waals surface area contributed by atoms with E-state index in [1.807, 2.05) is 30.3 Å². The summed E-state index contributed by atoms with van der Waals surface area (Å²) in [6, 6.07) is 15.8. The molecule has 2 aromatic rings. The zero-order valence-corrected chi connectivity index (χ0v) is 12.8. The first-order chi connectivity index (χ1) is 11.6. The first-order valence-corrected chi connectivity index (χ1v) is 7.54. The van der Waals surface area contributed by atoms with Gasteiger partial charge in [0.1, 0.15) is 12.4 Å². The molecule has 0 aliphatic carbocycles. The molecule has 24 heavy (non-hydrogen) atoms. The Balaban J connectivity index is 1.63. The smallest absolute Gasteiger partial charge is 0.269 e. The van der Waals surface area contributed by atoms with E-state index in [1.165, 1.54) is 18.2 Å². The second-order valence-corrected chi connectivity index (χ2v) is 5.51. The van der Waals surface area contributed by atoms with Crippen LogP contribution in [0, 0.1) is 10.1 Å². The number of non-ortho nitro benzene ring substituents is 1. The largest absolute Gasteiger partial charge is 0.491 e. The number of nitro groups is 1. The van der Waals surface area contributed by atoms with E-state index in [2.05, 4.69) is 5.32 Å². The number of ether oxygens (including phenoxy) is 1. The van der Waals surface area contributed by atoms with Gasteiger partial charge in [-0.1, -0.05) is 30.3 Å². The number of amides is 1. The van der Waals surface area contributed by atoms with Crippen LogP contribution in [0.15, 0.2) is 66.4 Å². The van der Waals surface area contributed by atoms with Crippen LogP contribution < -0.4 is 5.32 Å². The van der Waals surface area contributed by atoms with Crippen molar-refractivity contribution < 1.29 is 14.5 Å². The summed E-state index contributed by atoms with van der Waals surface area (Å²) in [5, 5.41) is 13.5. The molecule has 1 amide bonds. The summed E-state index contributed by atoms with van der Waals surface area (Å²) in [5.74, 6) is 0.414. The Hall–Kier alpha value is -3.15. The van der Waals surface area contributed by atoms with Gasteiger partial charge < -0.3 is 10.1 Å². The molecule has 1 heterocycles. The second-order valence-electron chi connectivity index (χ2n) is 5.51. The number of carbonyl (C=O) groups excluding carboxylic acids is 1. The van der Waals surface area contributed by atoms with E-state index >= 15 is 0 Å². The third-order valence-corrected chi connectivity index (χ3v) is 3.77. The molecule has 1 N–H and O–H groups in total. The van der Waals surface area contributed by atoms with Crippen LogP contribution in [0.25, 0.3) is 0 Å². The fourth-order valence-electron chi connectivity index (χ4n) is 2.54. The number of hydrogen-bond acceptors (Lipinski definition) is 4. The van der Waals surface area contributed by atoms with Crippen molar-refractivity contribution in [3.05, 3.63) is 87.7 Å². The van der Waals surface area contributed by atoms with Crippen molar-refractivity contribution in [3.63, 3.8) is 0 Å². The van der Waals surface area contributed by atoms with Gasteiger partial charge in [-0.05, 0) is 29.7 Å². The molecule has 0 saturated heterocycles. The van der Waals surface area contributed by atoms with Crippen LogP contribution in [0.5, 0.6) is 0 Å². The molecule has 0 radical (unpaired) electrons. The lowest BCUT2D eigenvalue weighted by molar-refractivity contribution is -0.384. The predicted octanol–water partition coefficient (Wildman–Crippen LogP) is 2.74. The number of nitrogens with one attached hydrogen (secondary N) is 1. The summed E-state index contributed by atoms with van der Waals surface area (Å²) < 4.78 is 5.75. The Bertz CT molecular complexity index is 769. The average molecular weight is 324 g/mol. The van der Waals surface area contributed by atoms with Crippen molar-refractivity contribution in [1.82, 2.24) is 5.32 Å². The molecule has 0 spiro atoms. The van der Waals surface area contributed by atoms with Crippen molar-refractivity contribution in [2.24, 2.45) is 0 Å². The summed E-state index contributed by atoms with van der Waals surface area (Å²) in [7, 11) is 0. The zero-order chi connectivity index (χ0) is 16.9. The van der Waals surface area contributed by atoms with E-state index in [0.717, 1.165) is 11.1 Å². The van der Waals surface area contributed by atoms with Gasteiger partial charge in [-0.25, -0.2) is 0 Å². The maximum atomic E-state index is 11.6. The van der Waals surface area contributed by atoms with Crippen LogP contribution in [0.1, 0.15) is 11.1 Å². The first kappa shape index (κ1) is 15.7. The molecule has 0 unspecified atom stereocenters. The van der Waals surface area contributed by atoms with Crippen molar-refractivity contribution in [1.29, 1.82) is 0 Å². The molecule has 0 saturated carbocycles. The average Bonchev–Trinajstić information content (AvgIpc) is 2.93. The van der Waals surface area contributed by atoms with Gasteiger partial charge in [0.25, 0.3) is 5.69 Å². The monoisotopic (exact) mass is 324 g/mol. The zero-order valence-electron chi connectivity index (χ0n) is 12.8. The van der Waals surface area contributed by atoms with Crippen LogP contribution in [0.3, 0.4) is 0 Å². The highest BCUT2D eigenvalue weighted by Crippen LogP contribution is 2.19. The van der Waals surface area contributed by atoms with Gasteiger partial charge in [-0.3, -0.25) is 14.9 Å². The molecular weight excluding hydrogens is 308 g/mol. The molecule has 0 fully saturated rings. The van der Waals surface area contributed by atoms with Crippen LogP contribution in [0.4, 0.5) is 5.69 Å². The van der Waals surface area contributed by atoms with Crippen molar-refractivity contribution in [3.8, 4) is 0 Å². The molecule has 2 aromatic carbocycles. The van der Waals surface area contributed by atoms with Gasteiger partial charge in [0.2, 0.25) is 5.91 Å². The van der Waals surface area contributed by atoms with Crippen molar-refractivity contribution in [2.75, 3.05) is 0 Å². The standard InChI is InChI=1S/C18H16N2O4/c21-18-11-17(16(19-18)10-13-4-2-1-3-5-13)24-12-14-6-8-15(9-7-14)20(22)23/h1-9,11,16H,10,12H2,(H,19,21)/t16-/m0/s1. The Morgan fingerprint density at radius 3 is 2.42 bits per heavy atom. The number of benzene rings is 2. The highest BCUT2D eigenvalue weighted by atomic mass is 16.6. The molecule has 1 atom stereocenters. The number of carbonyl (C=O) groups is 1. The van der Waals surface area contributed by atoms with Gasteiger partial charge in [-0.15, -0.1) is 0 Å². The molecule has 1 aliphatic rings. The molecule has 6 heteroatoms. The SMILES string of the molecule is O=C1C=C(OCc2ccc([N+](=O)[O-])cc2)[C@H](Cc2ccccc2)N1. The van der Waals surface area contributed by atoms with Gasteiger partial charge >= 0.3 is 0 Å². The highest BCUT2D eigenvalue weighted by molar-refractivity contribution is 5.91. The van der Waals surface area contributed by atoms with Crippen molar-refractivity contribution >= 4 is 11.6 Å². The van der Waals surface area contributed by atoms with E-state index < -0.39 is 4.92 Å². The van der Waals surface area contributed by atoms with Gasteiger partial charge in [0.15, 0.2) is 0 Å². The van der Waals surface area contributed by atoms with E-state index in [1.54, 1.807) is 12.1 Å². The number of hydrogen-bond donors (Lipinski definition) is 1. The van der Waals surface area contributed by atoms with Crippen LogP contribution in [-0.2, 0) is 22.6 Å². The predicted molar refractivity (Wildman–Crippen MR) is 88.0 cm³/mol. The van der Waals surface area contributed by atoms with Crippen molar-refractivity contribution in [2.45, 2.75) is 19.1 Å². The molecule has 6 nitrogen and oxygen atoms in total.